The van der Waals surface area contributed by atoms with Crippen LogP contribution >= 0.6 is 11.8 Å². The van der Waals surface area contributed by atoms with Crippen LogP contribution < -0.4 is 5.32 Å². The summed E-state index contributed by atoms with van der Waals surface area (Å²) in [6, 6.07) is 0. The molecule has 0 aromatic rings. The Hall–Kier alpha value is -0.220. The summed E-state index contributed by atoms with van der Waals surface area (Å²) in [7, 11) is 0. The van der Waals surface area contributed by atoms with E-state index in [1.807, 2.05) is 0 Å². The van der Waals surface area contributed by atoms with Gasteiger partial charge < -0.3 is 10.4 Å². The smallest absolute Gasteiger partial charge is 0.230 e. The summed E-state index contributed by atoms with van der Waals surface area (Å²) in [6.07, 6.45) is 2.75. The van der Waals surface area contributed by atoms with Crippen molar-refractivity contribution in [3.8, 4) is 0 Å². The molecule has 0 aromatic carbocycles. The Morgan fingerprint density at radius 3 is 2.47 bits per heavy atom. The number of carbonyl (C=O) groups excluding carboxylic acids is 1. The largest absolute Gasteiger partial charge is 0.396 e. The van der Waals surface area contributed by atoms with E-state index in [0.717, 1.165) is 25.8 Å². The molecule has 0 saturated carbocycles. The molecular weight excluding hydrogens is 210 g/mol. The standard InChI is InChI=1S/C11H23NO2S/c1-11(2,3)15-9-10(14)12-7-5-4-6-8-13/h13H,4-9H2,1-3H3,(H,12,14). The summed E-state index contributed by atoms with van der Waals surface area (Å²) >= 11 is 1.66. The van der Waals surface area contributed by atoms with Gasteiger partial charge in [-0.25, -0.2) is 0 Å². The second kappa shape index (κ2) is 7.99. The van der Waals surface area contributed by atoms with Crippen molar-refractivity contribution in [3.05, 3.63) is 0 Å². The second-order valence-electron chi connectivity index (χ2n) is 4.54. The number of thioether (sulfide) groups is 1. The Balaban J connectivity index is 3.34. The van der Waals surface area contributed by atoms with Crippen molar-refractivity contribution in [2.75, 3.05) is 18.9 Å². The molecule has 0 aliphatic carbocycles. The predicted molar refractivity (Wildman–Crippen MR) is 66.2 cm³/mol. The van der Waals surface area contributed by atoms with E-state index in [1.54, 1.807) is 11.8 Å². The van der Waals surface area contributed by atoms with Crippen LogP contribution in [0.1, 0.15) is 40.0 Å². The molecule has 0 radical (unpaired) electrons. The molecule has 0 aliphatic heterocycles. The molecule has 15 heavy (non-hydrogen) atoms. The monoisotopic (exact) mass is 233 g/mol. The molecular formula is C11H23NO2S. The number of hydrogen-bond acceptors (Lipinski definition) is 3. The van der Waals surface area contributed by atoms with Crippen LogP contribution in [0.25, 0.3) is 0 Å². The van der Waals surface area contributed by atoms with Gasteiger partial charge in [-0.3, -0.25) is 4.79 Å². The third-order valence-corrected chi connectivity index (χ3v) is 3.07. The minimum Gasteiger partial charge on any atom is -0.396 e. The molecule has 0 unspecified atom stereocenters. The molecule has 0 aliphatic rings. The van der Waals surface area contributed by atoms with Crippen molar-refractivity contribution < 1.29 is 9.90 Å². The van der Waals surface area contributed by atoms with Gasteiger partial charge >= 0.3 is 0 Å². The number of nitrogens with one attached hydrogen (secondary N) is 1. The fourth-order valence-electron chi connectivity index (χ4n) is 0.974. The van der Waals surface area contributed by atoms with Crippen LogP contribution in [0.3, 0.4) is 0 Å². The first kappa shape index (κ1) is 14.8. The maximum absolute atomic E-state index is 11.3. The van der Waals surface area contributed by atoms with E-state index in [1.165, 1.54) is 0 Å². The van der Waals surface area contributed by atoms with Gasteiger partial charge in [0.05, 0.1) is 5.75 Å². The van der Waals surface area contributed by atoms with Gasteiger partial charge in [0.1, 0.15) is 0 Å². The molecule has 1 amide bonds. The molecule has 0 saturated heterocycles. The van der Waals surface area contributed by atoms with Crippen molar-refractivity contribution in [2.24, 2.45) is 0 Å². The van der Waals surface area contributed by atoms with Gasteiger partial charge in [0.15, 0.2) is 0 Å². The van der Waals surface area contributed by atoms with Crippen LogP contribution in [0, 0.1) is 0 Å². The van der Waals surface area contributed by atoms with Crippen molar-refractivity contribution in [2.45, 2.75) is 44.8 Å². The Bertz CT molecular complexity index is 178. The third-order valence-electron chi connectivity index (χ3n) is 1.79. The molecule has 3 nitrogen and oxygen atoms in total. The summed E-state index contributed by atoms with van der Waals surface area (Å²) in [5, 5.41) is 11.4. The molecule has 0 aromatic heterocycles. The van der Waals surface area contributed by atoms with E-state index < -0.39 is 0 Å². The number of amides is 1. The molecule has 0 spiro atoms. The number of unbranched alkanes of at least 4 members (excludes halogenated alkanes) is 2. The summed E-state index contributed by atoms with van der Waals surface area (Å²) in [4.78, 5) is 11.3. The van der Waals surface area contributed by atoms with Gasteiger partial charge in [-0.15, -0.1) is 11.8 Å². The molecule has 0 rings (SSSR count). The zero-order valence-electron chi connectivity index (χ0n) is 10.0. The summed E-state index contributed by atoms with van der Waals surface area (Å²) in [5.41, 5.74) is 0. The molecule has 4 heteroatoms. The molecule has 0 atom stereocenters. The van der Waals surface area contributed by atoms with E-state index >= 15 is 0 Å². The van der Waals surface area contributed by atoms with Gasteiger partial charge in [0, 0.05) is 17.9 Å². The van der Waals surface area contributed by atoms with Crippen LogP contribution in [-0.2, 0) is 4.79 Å². The van der Waals surface area contributed by atoms with E-state index in [-0.39, 0.29) is 17.3 Å². The van der Waals surface area contributed by atoms with Crippen LogP contribution in [0.2, 0.25) is 0 Å². The highest BCUT2D eigenvalue weighted by Gasteiger charge is 2.12. The fourth-order valence-corrected chi connectivity index (χ4v) is 1.64. The normalized spacial score (nSPS) is 11.5. The van der Waals surface area contributed by atoms with Gasteiger partial charge in [-0.05, 0) is 19.3 Å². The Morgan fingerprint density at radius 1 is 1.27 bits per heavy atom. The number of hydrogen-bond donors (Lipinski definition) is 2. The van der Waals surface area contributed by atoms with E-state index in [0.29, 0.717) is 5.75 Å². The quantitative estimate of drug-likeness (QED) is 0.659. The van der Waals surface area contributed by atoms with Gasteiger partial charge in [0.25, 0.3) is 0 Å². The number of aliphatic hydroxyl groups is 1. The highest BCUT2D eigenvalue weighted by atomic mass is 32.2. The number of carbonyl (C=O) groups is 1. The molecule has 0 heterocycles. The van der Waals surface area contributed by atoms with Crippen molar-refractivity contribution in [1.29, 1.82) is 0 Å². The van der Waals surface area contributed by atoms with E-state index in [4.69, 9.17) is 5.11 Å². The topological polar surface area (TPSA) is 49.3 Å². The van der Waals surface area contributed by atoms with Crippen molar-refractivity contribution in [1.82, 2.24) is 5.32 Å². The average molecular weight is 233 g/mol. The highest BCUT2D eigenvalue weighted by Crippen LogP contribution is 2.22. The lowest BCUT2D eigenvalue weighted by Crippen LogP contribution is -2.27. The Morgan fingerprint density at radius 2 is 1.93 bits per heavy atom. The number of aliphatic hydroxyl groups excluding tert-OH is 1. The van der Waals surface area contributed by atoms with Gasteiger partial charge in [-0.2, -0.15) is 0 Å². The predicted octanol–water partition coefficient (Wildman–Crippen LogP) is 1.80. The lowest BCUT2D eigenvalue weighted by atomic mass is 10.2. The average Bonchev–Trinajstić information content (AvgIpc) is 2.13. The summed E-state index contributed by atoms with van der Waals surface area (Å²) < 4.78 is 0.147. The molecule has 2 N–H and O–H groups in total. The van der Waals surface area contributed by atoms with Crippen LogP contribution in [-0.4, -0.2) is 34.7 Å². The zero-order chi connectivity index (χ0) is 11.7. The maximum Gasteiger partial charge on any atom is 0.230 e. The number of rotatable bonds is 7. The summed E-state index contributed by atoms with van der Waals surface area (Å²) in [6.45, 7) is 7.28. The van der Waals surface area contributed by atoms with Gasteiger partial charge in [-0.1, -0.05) is 20.8 Å². The lowest BCUT2D eigenvalue weighted by molar-refractivity contribution is -0.118. The van der Waals surface area contributed by atoms with Crippen LogP contribution in [0.15, 0.2) is 0 Å². The van der Waals surface area contributed by atoms with Gasteiger partial charge in [0.2, 0.25) is 5.91 Å². The second-order valence-corrected chi connectivity index (χ2v) is 6.34. The first-order valence-electron chi connectivity index (χ1n) is 5.47. The lowest BCUT2D eigenvalue weighted by Gasteiger charge is -2.16. The van der Waals surface area contributed by atoms with Crippen LogP contribution in [0.5, 0.6) is 0 Å². The van der Waals surface area contributed by atoms with Crippen LogP contribution in [0.4, 0.5) is 0 Å². The van der Waals surface area contributed by atoms with Crippen molar-refractivity contribution in [3.63, 3.8) is 0 Å². The first-order valence-corrected chi connectivity index (χ1v) is 6.46. The summed E-state index contributed by atoms with van der Waals surface area (Å²) in [5.74, 6) is 0.641. The Labute approximate surface area is 97.0 Å². The minimum absolute atomic E-state index is 0.110. The molecule has 90 valence electrons. The minimum atomic E-state index is 0.110. The SMILES string of the molecule is CC(C)(C)SCC(=O)NCCCCCO. The maximum atomic E-state index is 11.3. The fraction of sp³-hybridized carbons (Fsp3) is 0.909. The first-order chi connectivity index (χ1) is 6.95. The zero-order valence-corrected chi connectivity index (χ0v) is 10.8. The molecule has 0 bridgehead atoms. The van der Waals surface area contributed by atoms with E-state index in [9.17, 15) is 4.79 Å². The van der Waals surface area contributed by atoms with E-state index in [2.05, 4.69) is 26.1 Å². The Kier molecular flexibility index (Phi) is 7.88. The highest BCUT2D eigenvalue weighted by molar-refractivity contribution is 8.01. The molecule has 0 fully saturated rings. The van der Waals surface area contributed by atoms with Crippen molar-refractivity contribution >= 4 is 17.7 Å². The third kappa shape index (κ3) is 11.7.